The molecule has 250 valence electrons. The molecule has 0 aromatic heterocycles. The number of hydrogen-bond acceptors (Lipinski definition) is 18. The highest BCUT2D eigenvalue weighted by Crippen LogP contribution is 2.36. The Balaban J connectivity index is 2.56. The molecule has 0 radical (unpaired) electrons. The normalized spacial score (nSPS) is 37.4. The zero-order valence-electron chi connectivity index (χ0n) is 22.7. The molecule has 43 heavy (non-hydrogen) atoms. The van der Waals surface area contributed by atoms with Crippen molar-refractivity contribution in [1.82, 2.24) is 5.32 Å². The summed E-state index contributed by atoms with van der Waals surface area (Å²) >= 11 is 0. The van der Waals surface area contributed by atoms with Crippen molar-refractivity contribution >= 4 is 18.2 Å². The van der Waals surface area contributed by atoms with E-state index in [1.807, 2.05) is 0 Å². The molecule has 0 spiro atoms. The molecular weight excluding hydrogens is 594 g/mol. The lowest BCUT2D eigenvalue weighted by Crippen LogP contribution is -2.69. The predicted molar refractivity (Wildman–Crippen MR) is 131 cm³/mol. The van der Waals surface area contributed by atoms with Crippen LogP contribution in [0.15, 0.2) is 0 Å². The van der Waals surface area contributed by atoms with Crippen molar-refractivity contribution < 1.29 is 94.6 Å². The number of aliphatic carboxylic acids is 1. The van der Waals surface area contributed by atoms with Gasteiger partial charge in [0.1, 0.15) is 67.1 Å². The van der Waals surface area contributed by atoms with Crippen molar-refractivity contribution in [2.75, 3.05) is 19.8 Å². The van der Waals surface area contributed by atoms with Crippen LogP contribution in [-0.2, 0) is 33.3 Å². The summed E-state index contributed by atoms with van der Waals surface area (Å²) in [5, 5.41) is 123. The van der Waals surface area contributed by atoms with E-state index in [1.54, 1.807) is 0 Å². The summed E-state index contributed by atoms with van der Waals surface area (Å²) < 4.78 is 21.5. The van der Waals surface area contributed by atoms with Crippen LogP contribution in [0.3, 0.4) is 0 Å². The predicted octanol–water partition coefficient (Wildman–Crippen LogP) is -8.38. The molecule has 0 saturated carbocycles. The van der Waals surface area contributed by atoms with Crippen LogP contribution in [0, 0.1) is 0 Å². The first-order chi connectivity index (χ1) is 20.1. The van der Waals surface area contributed by atoms with Gasteiger partial charge >= 0.3 is 5.97 Å². The zero-order valence-corrected chi connectivity index (χ0v) is 22.7. The lowest BCUT2D eigenvalue weighted by Gasteiger charge is -2.48. The van der Waals surface area contributed by atoms with E-state index in [4.69, 9.17) is 18.9 Å². The van der Waals surface area contributed by atoms with Crippen LogP contribution in [0.4, 0.5) is 0 Å². The average Bonchev–Trinajstić information content (AvgIpc) is 2.97. The minimum Gasteiger partial charge on any atom is -0.477 e. The monoisotopic (exact) mass is 633 g/mol. The van der Waals surface area contributed by atoms with Gasteiger partial charge in [-0.05, 0) is 0 Å². The Bertz CT molecular complexity index is 925. The molecule has 13 N–H and O–H groups in total. The molecule has 0 bridgehead atoms. The van der Waals surface area contributed by atoms with E-state index in [0.29, 0.717) is 0 Å². The second kappa shape index (κ2) is 15.8. The third kappa shape index (κ3) is 8.39. The maximum absolute atomic E-state index is 12.6. The maximum Gasteiger partial charge on any atom is 0.364 e. The number of aldehydes is 1. The molecule has 0 aliphatic carbocycles. The number of aliphatic hydroxyl groups excluding tert-OH is 11. The third-order valence-corrected chi connectivity index (χ3v) is 7.02. The Kier molecular flexibility index (Phi) is 13.7. The molecule has 0 unspecified atom stereocenters. The number of carboxylic acid groups (broad SMARTS) is 1. The second-order valence-corrected chi connectivity index (χ2v) is 10.1. The number of nitrogens with one attached hydrogen (secondary N) is 1. The summed E-state index contributed by atoms with van der Waals surface area (Å²) in [6.07, 6.45) is -28.3. The molecular formula is C23H39NO19. The fraction of sp³-hybridized carbons (Fsp3) is 0.870. The van der Waals surface area contributed by atoms with Crippen LogP contribution in [0.1, 0.15) is 13.3 Å². The lowest BCUT2D eigenvalue weighted by molar-refractivity contribution is -0.359. The van der Waals surface area contributed by atoms with Crippen LogP contribution in [-0.4, -0.2) is 191 Å². The highest BCUT2D eigenvalue weighted by atomic mass is 16.8. The van der Waals surface area contributed by atoms with E-state index in [-0.39, 0.29) is 6.29 Å². The first-order valence-corrected chi connectivity index (χ1v) is 13.0. The number of carbonyl (C=O) groups excluding carboxylic acids is 2. The highest BCUT2D eigenvalue weighted by molar-refractivity contribution is 5.76. The van der Waals surface area contributed by atoms with Crippen molar-refractivity contribution in [1.29, 1.82) is 0 Å². The Labute approximate surface area is 243 Å². The number of aliphatic hydroxyl groups is 11. The molecule has 20 nitrogen and oxygen atoms in total. The van der Waals surface area contributed by atoms with E-state index in [9.17, 15) is 75.7 Å². The van der Waals surface area contributed by atoms with Crippen LogP contribution in [0.25, 0.3) is 0 Å². The molecule has 20 heteroatoms. The summed E-state index contributed by atoms with van der Waals surface area (Å²) in [6.45, 7) is -2.22. The Morgan fingerprint density at radius 2 is 1.58 bits per heavy atom. The molecule has 15 atom stereocenters. The van der Waals surface area contributed by atoms with Crippen molar-refractivity contribution in [2.24, 2.45) is 0 Å². The van der Waals surface area contributed by atoms with Crippen molar-refractivity contribution in [3.8, 4) is 0 Å². The summed E-state index contributed by atoms with van der Waals surface area (Å²) in [5.74, 6) is -6.03. The quantitative estimate of drug-likeness (QED) is 0.0744. The van der Waals surface area contributed by atoms with Gasteiger partial charge in [-0.3, -0.25) is 4.79 Å². The molecule has 2 aliphatic rings. The number of rotatable bonds is 15. The molecule has 2 rings (SSSR count). The molecule has 1 amide bonds. The van der Waals surface area contributed by atoms with E-state index in [0.717, 1.165) is 6.92 Å². The second-order valence-electron chi connectivity index (χ2n) is 10.1. The van der Waals surface area contributed by atoms with Gasteiger partial charge in [-0.2, -0.15) is 0 Å². The summed E-state index contributed by atoms with van der Waals surface area (Å²) in [6, 6.07) is -1.61. The summed E-state index contributed by atoms with van der Waals surface area (Å²) in [4.78, 5) is 35.9. The van der Waals surface area contributed by atoms with Gasteiger partial charge in [-0.15, -0.1) is 0 Å². The van der Waals surface area contributed by atoms with E-state index < -0.39 is 129 Å². The lowest BCUT2D eigenvalue weighted by atomic mass is 9.88. The smallest absolute Gasteiger partial charge is 0.364 e. The van der Waals surface area contributed by atoms with Crippen molar-refractivity contribution in [3.05, 3.63) is 0 Å². The van der Waals surface area contributed by atoms with Crippen LogP contribution >= 0.6 is 0 Å². The Morgan fingerprint density at radius 1 is 0.977 bits per heavy atom. The molecule has 2 fully saturated rings. The number of carboxylic acids is 1. The standard InChI is InChI=1S/C23H39NO19/c1-7(29)24-13-8(30)2-23(22(38)39,43-20(13)14(34)9(31)3-25)42-19(11(33)5-27)18(10(32)4-26)41-21-17(37)16(36)15(35)12(6-28)40-21/h5,8-21,25-26,28,30-37H,2-4,6H2,1H3,(H,24,29)(H,38,39)/t8-,9+,10+,11-,12+,13+,14+,15-,16-,17+,18+,19+,20+,21-,23+/m0/s1. The fourth-order valence-electron chi connectivity index (χ4n) is 4.70. The van der Waals surface area contributed by atoms with E-state index in [2.05, 4.69) is 5.32 Å². The zero-order chi connectivity index (χ0) is 32.8. The number of carbonyl (C=O) groups is 3. The van der Waals surface area contributed by atoms with E-state index in [1.165, 1.54) is 0 Å². The number of amides is 1. The third-order valence-electron chi connectivity index (χ3n) is 7.02. The minimum absolute atomic E-state index is 0.213. The van der Waals surface area contributed by atoms with Crippen molar-refractivity contribution in [3.63, 3.8) is 0 Å². The van der Waals surface area contributed by atoms with Gasteiger partial charge in [0.15, 0.2) is 12.6 Å². The largest absolute Gasteiger partial charge is 0.477 e. The molecule has 2 heterocycles. The van der Waals surface area contributed by atoms with Crippen LogP contribution in [0.2, 0.25) is 0 Å². The van der Waals surface area contributed by atoms with Crippen LogP contribution < -0.4 is 5.32 Å². The van der Waals surface area contributed by atoms with Gasteiger partial charge in [-0.25, -0.2) is 4.79 Å². The van der Waals surface area contributed by atoms with Gasteiger partial charge in [0.25, 0.3) is 5.79 Å². The fourth-order valence-corrected chi connectivity index (χ4v) is 4.70. The molecule has 0 aromatic carbocycles. The first kappa shape index (κ1) is 37.2. The number of hydrogen-bond donors (Lipinski definition) is 13. The van der Waals surface area contributed by atoms with Crippen molar-refractivity contribution in [2.45, 2.75) is 105 Å². The Morgan fingerprint density at radius 3 is 2.07 bits per heavy atom. The molecule has 2 aliphatic heterocycles. The highest BCUT2D eigenvalue weighted by Gasteiger charge is 2.58. The molecule has 0 aromatic rings. The number of ether oxygens (including phenoxy) is 4. The topological polar surface area (TPSA) is 343 Å². The van der Waals surface area contributed by atoms with Gasteiger partial charge in [0, 0.05) is 13.3 Å². The first-order valence-electron chi connectivity index (χ1n) is 13.0. The maximum atomic E-state index is 12.6. The average molecular weight is 634 g/mol. The summed E-state index contributed by atoms with van der Waals surface area (Å²) in [5.41, 5.74) is 0. The van der Waals surface area contributed by atoms with Crippen LogP contribution in [0.5, 0.6) is 0 Å². The van der Waals surface area contributed by atoms with Gasteiger partial charge in [0.05, 0.1) is 32.0 Å². The Hall–Kier alpha value is -1.99. The molecule has 2 saturated heterocycles. The minimum atomic E-state index is -3.17. The van der Waals surface area contributed by atoms with Gasteiger partial charge in [0.2, 0.25) is 5.91 Å². The van der Waals surface area contributed by atoms with Gasteiger partial charge in [-0.1, -0.05) is 0 Å². The summed E-state index contributed by atoms with van der Waals surface area (Å²) in [7, 11) is 0. The SMILES string of the molecule is CC(=O)N[C@H]1[C@H]([C@H](O)[C@H](O)CO)O[C@@](O[C@@H]([C@H](O[C@@H]2O[C@H](CO)[C@H](O)[C@H](O)[C@H]2O)[C@H](O)CO)[C@@H](O)C=O)(C(=O)O)C[C@@H]1O. The van der Waals surface area contributed by atoms with E-state index >= 15 is 0 Å². The van der Waals surface area contributed by atoms with Gasteiger partial charge < -0.3 is 90.3 Å².